The standard InChI is InChI=1S/C18H24N4O2/c1-2-24-13-17(23)20-11-12-22-16-9-4-3-7-14(16)18(21-22)15-8-5-6-10-19-15/h5-6,8,10H,2-4,7,9,11-13H2,1H3,(H,20,23). The predicted octanol–water partition coefficient (Wildman–Crippen LogP) is 1.98. The van der Waals surface area contributed by atoms with Crippen molar-refractivity contribution in [3.63, 3.8) is 0 Å². The van der Waals surface area contributed by atoms with Crippen LogP contribution in [0.4, 0.5) is 0 Å². The Hall–Kier alpha value is -2.21. The average Bonchev–Trinajstić information content (AvgIpc) is 3.00. The van der Waals surface area contributed by atoms with Crippen LogP contribution in [-0.2, 0) is 28.9 Å². The second-order valence-corrected chi connectivity index (χ2v) is 5.91. The van der Waals surface area contributed by atoms with Gasteiger partial charge >= 0.3 is 0 Å². The van der Waals surface area contributed by atoms with E-state index in [4.69, 9.17) is 9.84 Å². The number of fused-ring (bicyclic) bond motifs is 1. The molecule has 0 saturated heterocycles. The maximum atomic E-state index is 11.6. The van der Waals surface area contributed by atoms with Crippen molar-refractivity contribution in [3.05, 3.63) is 35.7 Å². The van der Waals surface area contributed by atoms with Gasteiger partial charge in [-0.25, -0.2) is 0 Å². The average molecular weight is 328 g/mol. The highest BCUT2D eigenvalue weighted by Crippen LogP contribution is 2.30. The van der Waals surface area contributed by atoms with Gasteiger partial charge in [0.25, 0.3) is 0 Å². The van der Waals surface area contributed by atoms with Gasteiger partial charge in [-0.2, -0.15) is 5.10 Å². The molecule has 0 fully saturated rings. The van der Waals surface area contributed by atoms with Crippen LogP contribution in [-0.4, -0.2) is 40.4 Å². The molecule has 2 aromatic heterocycles. The summed E-state index contributed by atoms with van der Waals surface area (Å²) < 4.78 is 7.15. The molecule has 0 saturated carbocycles. The fourth-order valence-corrected chi connectivity index (χ4v) is 3.11. The van der Waals surface area contributed by atoms with E-state index in [2.05, 4.69) is 10.3 Å². The number of nitrogens with one attached hydrogen (secondary N) is 1. The molecule has 24 heavy (non-hydrogen) atoms. The molecule has 6 nitrogen and oxygen atoms in total. The van der Waals surface area contributed by atoms with Gasteiger partial charge in [0.15, 0.2) is 0 Å². The molecule has 1 aliphatic carbocycles. The van der Waals surface area contributed by atoms with Crippen LogP contribution in [0.5, 0.6) is 0 Å². The van der Waals surface area contributed by atoms with Gasteiger partial charge in [0.2, 0.25) is 5.91 Å². The molecule has 128 valence electrons. The van der Waals surface area contributed by atoms with Crippen molar-refractivity contribution in [2.45, 2.75) is 39.2 Å². The minimum absolute atomic E-state index is 0.0807. The van der Waals surface area contributed by atoms with Gasteiger partial charge in [-0.05, 0) is 44.7 Å². The van der Waals surface area contributed by atoms with Crippen molar-refractivity contribution in [1.82, 2.24) is 20.1 Å². The fraction of sp³-hybridized carbons (Fsp3) is 0.500. The summed E-state index contributed by atoms with van der Waals surface area (Å²) in [5, 5.41) is 7.67. The Morgan fingerprint density at radius 2 is 2.21 bits per heavy atom. The second kappa shape index (κ2) is 8.06. The number of nitrogens with zero attached hydrogens (tertiary/aromatic N) is 3. The monoisotopic (exact) mass is 328 g/mol. The highest BCUT2D eigenvalue weighted by Gasteiger charge is 2.22. The minimum atomic E-state index is -0.0807. The van der Waals surface area contributed by atoms with Gasteiger partial charge in [-0.1, -0.05) is 6.07 Å². The number of carbonyl (C=O) groups is 1. The van der Waals surface area contributed by atoms with Crippen molar-refractivity contribution in [1.29, 1.82) is 0 Å². The van der Waals surface area contributed by atoms with Crippen molar-refractivity contribution in [2.75, 3.05) is 19.8 Å². The molecule has 3 rings (SSSR count). The molecule has 0 aromatic carbocycles. The molecule has 2 aromatic rings. The molecule has 6 heteroatoms. The summed E-state index contributed by atoms with van der Waals surface area (Å²) in [6.45, 7) is 3.78. The van der Waals surface area contributed by atoms with Crippen LogP contribution in [0.3, 0.4) is 0 Å². The van der Waals surface area contributed by atoms with E-state index in [-0.39, 0.29) is 12.5 Å². The first-order chi connectivity index (χ1) is 11.8. The molecule has 0 aliphatic heterocycles. The van der Waals surface area contributed by atoms with E-state index in [1.54, 1.807) is 6.20 Å². The lowest BCUT2D eigenvalue weighted by Crippen LogP contribution is -2.31. The molecule has 1 amide bonds. The van der Waals surface area contributed by atoms with Gasteiger partial charge in [-0.3, -0.25) is 14.5 Å². The number of aromatic nitrogens is 3. The normalized spacial score (nSPS) is 13.5. The smallest absolute Gasteiger partial charge is 0.246 e. The Morgan fingerprint density at radius 1 is 1.33 bits per heavy atom. The van der Waals surface area contributed by atoms with E-state index in [0.717, 1.165) is 24.2 Å². The Labute approximate surface area is 142 Å². The fourth-order valence-electron chi connectivity index (χ4n) is 3.11. The van der Waals surface area contributed by atoms with E-state index in [1.165, 1.54) is 24.1 Å². The van der Waals surface area contributed by atoms with Crippen LogP contribution in [0.25, 0.3) is 11.4 Å². The quantitative estimate of drug-likeness (QED) is 0.844. The Morgan fingerprint density at radius 3 is 3.00 bits per heavy atom. The molecule has 0 unspecified atom stereocenters. The van der Waals surface area contributed by atoms with Crippen molar-refractivity contribution < 1.29 is 9.53 Å². The Kier molecular flexibility index (Phi) is 5.59. The topological polar surface area (TPSA) is 69.0 Å². The van der Waals surface area contributed by atoms with Crippen LogP contribution >= 0.6 is 0 Å². The number of rotatable bonds is 7. The summed E-state index contributed by atoms with van der Waals surface area (Å²) in [6, 6.07) is 5.91. The zero-order valence-corrected chi connectivity index (χ0v) is 14.1. The molecule has 0 atom stereocenters. The zero-order valence-electron chi connectivity index (χ0n) is 14.1. The lowest BCUT2D eigenvalue weighted by atomic mass is 9.95. The lowest BCUT2D eigenvalue weighted by Gasteiger charge is -2.14. The number of carbonyl (C=O) groups excluding carboxylic acids is 1. The highest BCUT2D eigenvalue weighted by molar-refractivity contribution is 5.77. The molecule has 0 spiro atoms. The number of ether oxygens (including phenoxy) is 1. The first-order valence-corrected chi connectivity index (χ1v) is 8.64. The third-order valence-electron chi connectivity index (χ3n) is 4.25. The predicted molar refractivity (Wildman–Crippen MR) is 91.6 cm³/mol. The van der Waals surface area contributed by atoms with E-state index in [0.29, 0.717) is 19.7 Å². The summed E-state index contributed by atoms with van der Waals surface area (Å²) in [7, 11) is 0. The third kappa shape index (κ3) is 3.82. The van der Waals surface area contributed by atoms with Gasteiger partial charge in [0.05, 0.1) is 12.2 Å². The summed E-state index contributed by atoms with van der Waals surface area (Å²) in [5.74, 6) is -0.0807. The molecule has 1 aliphatic rings. The largest absolute Gasteiger partial charge is 0.372 e. The summed E-state index contributed by atoms with van der Waals surface area (Å²) in [4.78, 5) is 16.1. The summed E-state index contributed by atoms with van der Waals surface area (Å²) in [5.41, 5.74) is 4.53. The molecule has 1 N–H and O–H groups in total. The van der Waals surface area contributed by atoms with E-state index in [1.807, 2.05) is 29.8 Å². The lowest BCUT2D eigenvalue weighted by molar-refractivity contribution is -0.125. The van der Waals surface area contributed by atoms with E-state index >= 15 is 0 Å². The summed E-state index contributed by atoms with van der Waals surface area (Å²) >= 11 is 0. The van der Waals surface area contributed by atoms with Crippen molar-refractivity contribution in [3.8, 4) is 11.4 Å². The zero-order chi connectivity index (χ0) is 16.8. The molecule has 0 bridgehead atoms. The second-order valence-electron chi connectivity index (χ2n) is 5.91. The maximum Gasteiger partial charge on any atom is 0.246 e. The van der Waals surface area contributed by atoms with Gasteiger partial charge in [0, 0.05) is 30.6 Å². The minimum Gasteiger partial charge on any atom is -0.372 e. The number of hydrogen-bond donors (Lipinski definition) is 1. The number of pyridine rings is 1. The Bertz CT molecular complexity index is 682. The Balaban J connectivity index is 1.72. The van der Waals surface area contributed by atoms with Gasteiger partial charge in [0.1, 0.15) is 12.3 Å². The first-order valence-electron chi connectivity index (χ1n) is 8.64. The SMILES string of the molecule is CCOCC(=O)NCCn1nc(-c2ccccn2)c2c1CCCC2. The van der Waals surface area contributed by atoms with Crippen LogP contribution in [0.1, 0.15) is 31.0 Å². The van der Waals surface area contributed by atoms with Gasteiger partial charge in [-0.15, -0.1) is 0 Å². The van der Waals surface area contributed by atoms with Crippen LogP contribution in [0.2, 0.25) is 0 Å². The third-order valence-corrected chi connectivity index (χ3v) is 4.25. The van der Waals surface area contributed by atoms with Crippen LogP contribution in [0, 0.1) is 0 Å². The molecule has 2 heterocycles. The first kappa shape index (κ1) is 16.6. The van der Waals surface area contributed by atoms with Crippen LogP contribution < -0.4 is 5.32 Å². The van der Waals surface area contributed by atoms with Crippen molar-refractivity contribution in [2.24, 2.45) is 0 Å². The number of hydrogen-bond acceptors (Lipinski definition) is 4. The summed E-state index contributed by atoms with van der Waals surface area (Å²) in [6.07, 6.45) is 6.29. The highest BCUT2D eigenvalue weighted by atomic mass is 16.5. The van der Waals surface area contributed by atoms with Gasteiger partial charge < -0.3 is 10.1 Å². The van der Waals surface area contributed by atoms with E-state index < -0.39 is 0 Å². The van der Waals surface area contributed by atoms with E-state index in [9.17, 15) is 4.79 Å². The molecular formula is C18H24N4O2. The number of amides is 1. The van der Waals surface area contributed by atoms with Crippen LogP contribution in [0.15, 0.2) is 24.4 Å². The molecule has 0 radical (unpaired) electrons. The maximum absolute atomic E-state index is 11.6. The molecular weight excluding hydrogens is 304 g/mol. The van der Waals surface area contributed by atoms with Crippen molar-refractivity contribution >= 4 is 5.91 Å².